The van der Waals surface area contributed by atoms with Crippen molar-refractivity contribution in [3.8, 4) is 0 Å². The number of nitrogens with zero attached hydrogens (tertiary/aromatic N) is 4. The van der Waals surface area contributed by atoms with Gasteiger partial charge >= 0.3 is 0 Å². The Kier molecular flexibility index (Phi) is 4.03. The van der Waals surface area contributed by atoms with Crippen molar-refractivity contribution in [2.45, 2.75) is 18.8 Å². The maximum atomic E-state index is 11.9. The lowest BCUT2D eigenvalue weighted by Crippen LogP contribution is -2.39. The van der Waals surface area contributed by atoms with Crippen molar-refractivity contribution in [1.82, 2.24) is 25.3 Å². The van der Waals surface area contributed by atoms with E-state index in [4.69, 9.17) is 0 Å². The first-order valence-electron chi connectivity index (χ1n) is 6.59. The normalized spacial score (nSPS) is 19.9. The van der Waals surface area contributed by atoms with Crippen LogP contribution in [0.4, 0.5) is 5.13 Å². The Labute approximate surface area is 120 Å². The highest BCUT2D eigenvalue weighted by atomic mass is 32.1. The molecule has 0 bridgehead atoms. The number of anilines is 1. The van der Waals surface area contributed by atoms with Crippen LogP contribution in [0.3, 0.4) is 0 Å². The van der Waals surface area contributed by atoms with Gasteiger partial charge in [-0.1, -0.05) is 11.3 Å². The summed E-state index contributed by atoms with van der Waals surface area (Å²) in [6.45, 7) is 2.23. The number of hydrogen-bond acceptors (Lipinski definition) is 6. The molecule has 20 heavy (non-hydrogen) atoms. The van der Waals surface area contributed by atoms with Crippen LogP contribution in [0.5, 0.6) is 0 Å². The van der Waals surface area contributed by atoms with Crippen LogP contribution >= 0.6 is 11.3 Å². The Morgan fingerprint density at radius 3 is 3.30 bits per heavy atom. The Hall–Kier alpha value is -1.80. The van der Waals surface area contributed by atoms with Gasteiger partial charge in [0.25, 0.3) is 0 Å². The zero-order valence-corrected chi connectivity index (χ0v) is 11.8. The van der Waals surface area contributed by atoms with Gasteiger partial charge in [-0.2, -0.15) is 5.10 Å². The van der Waals surface area contributed by atoms with Crippen molar-refractivity contribution < 1.29 is 4.79 Å². The molecule has 3 rings (SSSR count). The molecule has 1 aliphatic rings. The number of carbonyl (C=O) groups excluding carboxylic acids is 1. The standard InChI is InChI=1S/C12H16N6OS/c19-11(15-12-17-14-8-20-12)7-18-5-1-2-9(6-18)10-3-4-13-16-10/h3-4,8-9H,1-2,5-7H2,(H,13,16)(H,15,17,19). The minimum absolute atomic E-state index is 0.0352. The van der Waals surface area contributed by atoms with Gasteiger partial charge in [0, 0.05) is 24.4 Å². The molecule has 2 N–H and O–H groups in total. The maximum Gasteiger partial charge on any atom is 0.240 e. The van der Waals surface area contributed by atoms with E-state index in [0.29, 0.717) is 17.6 Å². The summed E-state index contributed by atoms with van der Waals surface area (Å²) in [5.41, 5.74) is 2.75. The van der Waals surface area contributed by atoms with Crippen LogP contribution in [0.2, 0.25) is 0 Å². The van der Waals surface area contributed by atoms with Crippen LogP contribution in [-0.4, -0.2) is 50.8 Å². The molecule has 1 unspecified atom stereocenters. The summed E-state index contributed by atoms with van der Waals surface area (Å²) >= 11 is 1.33. The summed E-state index contributed by atoms with van der Waals surface area (Å²) in [7, 11) is 0. The molecule has 0 aliphatic carbocycles. The zero-order chi connectivity index (χ0) is 13.8. The van der Waals surface area contributed by atoms with E-state index >= 15 is 0 Å². The molecule has 0 saturated carbocycles. The predicted molar refractivity (Wildman–Crippen MR) is 75.5 cm³/mol. The summed E-state index contributed by atoms with van der Waals surface area (Å²) in [6, 6.07) is 2.01. The molecule has 1 aliphatic heterocycles. The molecule has 1 fully saturated rings. The number of piperidine rings is 1. The SMILES string of the molecule is O=C(CN1CCCC(c2ccn[nH]2)C1)Nc1nncs1. The number of likely N-dealkylation sites (tertiary alicyclic amines) is 1. The minimum atomic E-state index is -0.0352. The van der Waals surface area contributed by atoms with Crippen molar-refractivity contribution in [3.05, 3.63) is 23.5 Å². The van der Waals surface area contributed by atoms with Crippen molar-refractivity contribution >= 4 is 22.4 Å². The van der Waals surface area contributed by atoms with Gasteiger partial charge in [0.2, 0.25) is 11.0 Å². The molecule has 3 heterocycles. The van der Waals surface area contributed by atoms with E-state index in [1.165, 1.54) is 11.3 Å². The number of aromatic nitrogens is 4. The molecule has 1 atom stereocenters. The van der Waals surface area contributed by atoms with E-state index in [-0.39, 0.29) is 5.91 Å². The van der Waals surface area contributed by atoms with E-state index in [1.807, 2.05) is 6.07 Å². The van der Waals surface area contributed by atoms with Crippen LogP contribution in [0.1, 0.15) is 24.5 Å². The average Bonchev–Trinajstić information content (AvgIpc) is 3.11. The fourth-order valence-electron chi connectivity index (χ4n) is 2.54. The van der Waals surface area contributed by atoms with Gasteiger partial charge < -0.3 is 0 Å². The predicted octanol–water partition coefficient (Wildman–Crippen LogP) is 1.08. The summed E-state index contributed by atoms with van der Waals surface area (Å²) in [6.07, 6.45) is 4.00. The van der Waals surface area contributed by atoms with E-state index < -0.39 is 0 Å². The Balaban J connectivity index is 1.53. The maximum absolute atomic E-state index is 11.9. The highest BCUT2D eigenvalue weighted by Gasteiger charge is 2.23. The third kappa shape index (κ3) is 3.20. The first-order chi connectivity index (χ1) is 9.81. The van der Waals surface area contributed by atoms with E-state index in [0.717, 1.165) is 31.6 Å². The minimum Gasteiger partial charge on any atom is -0.299 e. The smallest absolute Gasteiger partial charge is 0.240 e. The van der Waals surface area contributed by atoms with Crippen molar-refractivity contribution in [2.75, 3.05) is 25.0 Å². The van der Waals surface area contributed by atoms with Crippen LogP contribution in [0, 0.1) is 0 Å². The van der Waals surface area contributed by atoms with Crippen LogP contribution in [0.15, 0.2) is 17.8 Å². The highest BCUT2D eigenvalue weighted by Crippen LogP contribution is 2.24. The lowest BCUT2D eigenvalue weighted by Gasteiger charge is -2.31. The molecule has 1 saturated heterocycles. The number of carbonyl (C=O) groups is 1. The van der Waals surface area contributed by atoms with Crippen LogP contribution in [-0.2, 0) is 4.79 Å². The largest absolute Gasteiger partial charge is 0.299 e. The second-order valence-corrected chi connectivity index (χ2v) is 5.71. The summed E-state index contributed by atoms with van der Waals surface area (Å²) in [5, 5.41) is 17.8. The monoisotopic (exact) mass is 292 g/mol. The summed E-state index contributed by atoms with van der Waals surface area (Å²) in [5.74, 6) is 0.396. The molecule has 1 amide bonds. The van der Waals surface area contributed by atoms with Gasteiger partial charge in [0.15, 0.2) is 0 Å². The lowest BCUT2D eigenvalue weighted by molar-refractivity contribution is -0.117. The van der Waals surface area contributed by atoms with Crippen LogP contribution in [0.25, 0.3) is 0 Å². The first-order valence-corrected chi connectivity index (χ1v) is 7.47. The average molecular weight is 292 g/mol. The molecule has 0 spiro atoms. The van der Waals surface area contributed by atoms with Gasteiger partial charge in [-0.3, -0.25) is 20.1 Å². The summed E-state index contributed by atoms with van der Waals surface area (Å²) in [4.78, 5) is 14.1. The molecule has 0 aromatic carbocycles. The quantitative estimate of drug-likeness (QED) is 0.880. The fraction of sp³-hybridized carbons (Fsp3) is 0.500. The topological polar surface area (TPSA) is 86.8 Å². The molecule has 8 heteroatoms. The molecule has 2 aromatic heterocycles. The second kappa shape index (κ2) is 6.10. The molecule has 106 valence electrons. The zero-order valence-electron chi connectivity index (χ0n) is 11.0. The second-order valence-electron chi connectivity index (χ2n) is 4.88. The van der Waals surface area contributed by atoms with Gasteiger partial charge in [0.1, 0.15) is 5.51 Å². The number of H-pyrrole nitrogens is 1. The first kappa shape index (κ1) is 13.2. The van der Waals surface area contributed by atoms with Crippen molar-refractivity contribution in [2.24, 2.45) is 0 Å². The highest BCUT2D eigenvalue weighted by molar-refractivity contribution is 7.13. The van der Waals surface area contributed by atoms with E-state index in [2.05, 4.69) is 30.6 Å². The number of aromatic amines is 1. The Morgan fingerprint density at radius 2 is 2.55 bits per heavy atom. The number of nitrogens with one attached hydrogen (secondary N) is 2. The summed E-state index contributed by atoms with van der Waals surface area (Å²) < 4.78 is 0. The van der Waals surface area contributed by atoms with Gasteiger partial charge in [-0.05, 0) is 25.5 Å². The third-order valence-corrected chi connectivity index (χ3v) is 4.05. The Bertz CT molecular complexity index is 540. The van der Waals surface area contributed by atoms with Gasteiger partial charge in [-0.15, -0.1) is 10.2 Å². The molecule has 7 nitrogen and oxygen atoms in total. The van der Waals surface area contributed by atoms with Crippen molar-refractivity contribution in [3.63, 3.8) is 0 Å². The fourth-order valence-corrected chi connectivity index (χ4v) is 3.00. The van der Waals surface area contributed by atoms with Gasteiger partial charge in [0.05, 0.1) is 6.54 Å². The number of hydrogen-bond donors (Lipinski definition) is 2. The van der Waals surface area contributed by atoms with Crippen molar-refractivity contribution in [1.29, 1.82) is 0 Å². The third-order valence-electron chi connectivity index (χ3n) is 3.44. The Morgan fingerprint density at radius 1 is 1.60 bits per heavy atom. The number of rotatable bonds is 4. The lowest BCUT2D eigenvalue weighted by atomic mass is 9.95. The molecule has 0 radical (unpaired) electrons. The molecular formula is C12H16N6OS. The molecular weight excluding hydrogens is 276 g/mol. The number of amides is 1. The van der Waals surface area contributed by atoms with Crippen LogP contribution < -0.4 is 5.32 Å². The van der Waals surface area contributed by atoms with Gasteiger partial charge in [-0.25, -0.2) is 0 Å². The molecule has 2 aromatic rings. The van der Waals surface area contributed by atoms with E-state index in [1.54, 1.807) is 11.7 Å². The van der Waals surface area contributed by atoms with E-state index in [9.17, 15) is 4.79 Å².